The Labute approximate surface area is 394 Å². The third-order valence-corrected chi connectivity index (χ3v) is 11.4. The molecular formula is C55H97NO7P+. The Morgan fingerprint density at radius 3 is 1.36 bits per heavy atom. The van der Waals surface area contributed by atoms with E-state index in [9.17, 15) is 14.3 Å². The van der Waals surface area contributed by atoms with Crippen molar-refractivity contribution in [2.24, 2.45) is 0 Å². The summed E-state index contributed by atoms with van der Waals surface area (Å²) in [7, 11) is 1.63. The number of esters is 1. The van der Waals surface area contributed by atoms with Gasteiger partial charge in [0, 0.05) is 13.0 Å². The monoisotopic (exact) mass is 915 g/mol. The van der Waals surface area contributed by atoms with Gasteiger partial charge in [-0.2, -0.15) is 0 Å². The highest BCUT2D eigenvalue weighted by molar-refractivity contribution is 7.47. The first-order valence-electron chi connectivity index (χ1n) is 25.5. The third-order valence-electron chi connectivity index (χ3n) is 10.4. The van der Waals surface area contributed by atoms with Crippen molar-refractivity contribution < 1.29 is 37.3 Å². The number of phosphoric acid groups is 1. The van der Waals surface area contributed by atoms with Crippen molar-refractivity contribution in [1.29, 1.82) is 0 Å². The van der Waals surface area contributed by atoms with Crippen LogP contribution >= 0.6 is 7.82 Å². The smallest absolute Gasteiger partial charge is 0.457 e. The molecule has 0 amide bonds. The minimum Gasteiger partial charge on any atom is -0.457 e. The first-order valence-corrected chi connectivity index (χ1v) is 27.0. The molecule has 0 aliphatic carbocycles. The van der Waals surface area contributed by atoms with Crippen LogP contribution in [0.2, 0.25) is 0 Å². The number of phosphoric ester groups is 1. The molecule has 64 heavy (non-hydrogen) atoms. The summed E-state index contributed by atoms with van der Waals surface area (Å²) in [6.07, 6.45) is 64.5. The number of quaternary nitrogens is 1. The molecule has 1 N–H and O–H groups in total. The summed E-state index contributed by atoms with van der Waals surface area (Å²) in [4.78, 5) is 23.0. The van der Waals surface area contributed by atoms with E-state index in [2.05, 4.69) is 111 Å². The Kier molecular flexibility index (Phi) is 45.0. The van der Waals surface area contributed by atoms with E-state index < -0.39 is 13.9 Å². The summed E-state index contributed by atoms with van der Waals surface area (Å²) in [5, 5.41) is 0. The van der Waals surface area contributed by atoms with Gasteiger partial charge < -0.3 is 18.9 Å². The molecule has 0 spiro atoms. The van der Waals surface area contributed by atoms with Gasteiger partial charge in [0.1, 0.15) is 19.3 Å². The van der Waals surface area contributed by atoms with Gasteiger partial charge >= 0.3 is 13.8 Å². The second-order valence-electron chi connectivity index (χ2n) is 17.8. The standard InChI is InChI=1S/C55H96NO7P/c1-6-8-10-12-14-16-18-20-22-24-26-27-28-29-30-31-33-35-37-39-41-43-45-47-50-60-52-54(53-62-64(58,59)61-51-49-56(3,4)5)63-55(57)48-46-44-42-40-38-36-34-32-25-23-21-19-17-15-13-11-9-7-2/h8,10,14,16-17,19-20,22-23,25-27,29-30,33,35,54H,6-7,9,11-13,15,18,21,24,28,31-32,34,36-53H2,1-5H3/p+1/b10-8-,16-14-,19-17-,22-20-,25-23-,27-26-,30-29-,35-33-. The van der Waals surface area contributed by atoms with Crippen molar-refractivity contribution in [3.05, 3.63) is 97.2 Å². The molecule has 0 radical (unpaired) electrons. The van der Waals surface area contributed by atoms with Crippen molar-refractivity contribution in [1.82, 2.24) is 0 Å². The lowest BCUT2D eigenvalue weighted by Gasteiger charge is -2.24. The molecule has 0 heterocycles. The van der Waals surface area contributed by atoms with Crippen molar-refractivity contribution in [2.75, 3.05) is 54.1 Å². The van der Waals surface area contributed by atoms with E-state index in [0.29, 0.717) is 24.1 Å². The van der Waals surface area contributed by atoms with Crippen LogP contribution in [0.25, 0.3) is 0 Å². The van der Waals surface area contributed by atoms with Gasteiger partial charge in [-0.15, -0.1) is 0 Å². The van der Waals surface area contributed by atoms with Gasteiger partial charge in [0.25, 0.3) is 0 Å². The van der Waals surface area contributed by atoms with Crippen LogP contribution in [0.4, 0.5) is 0 Å². The number of hydrogen-bond donors (Lipinski definition) is 1. The highest BCUT2D eigenvalue weighted by atomic mass is 31.2. The molecule has 368 valence electrons. The average Bonchev–Trinajstić information content (AvgIpc) is 3.25. The summed E-state index contributed by atoms with van der Waals surface area (Å²) in [5.41, 5.74) is 0. The summed E-state index contributed by atoms with van der Waals surface area (Å²) in [6, 6.07) is 0. The highest BCUT2D eigenvalue weighted by Gasteiger charge is 2.26. The molecule has 2 unspecified atom stereocenters. The van der Waals surface area contributed by atoms with Gasteiger partial charge in [-0.25, -0.2) is 4.57 Å². The number of nitrogens with zero attached hydrogens (tertiary/aromatic N) is 1. The van der Waals surface area contributed by atoms with Gasteiger partial charge in [-0.3, -0.25) is 13.8 Å². The van der Waals surface area contributed by atoms with Crippen LogP contribution in [-0.2, 0) is 27.9 Å². The summed E-state index contributed by atoms with van der Waals surface area (Å²) in [6.45, 7) is 5.42. The van der Waals surface area contributed by atoms with Crippen LogP contribution in [0.5, 0.6) is 0 Å². The highest BCUT2D eigenvalue weighted by Crippen LogP contribution is 2.43. The predicted octanol–water partition coefficient (Wildman–Crippen LogP) is 15.8. The normalized spacial score (nSPS) is 14.4. The Balaban J connectivity index is 4.24. The van der Waals surface area contributed by atoms with Gasteiger partial charge in [0.15, 0.2) is 0 Å². The van der Waals surface area contributed by atoms with Crippen LogP contribution in [0.15, 0.2) is 97.2 Å². The van der Waals surface area contributed by atoms with Crippen molar-refractivity contribution in [2.45, 2.75) is 193 Å². The number of unbranched alkanes of at least 4 members (excludes halogenated alkanes) is 16. The predicted molar refractivity (Wildman–Crippen MR) is 274 cm³/mol. The van der Waals surface area contributed by atoms with E-state index in [-0.39, 0.29) is 25.8 Å². The van der Waals surface area contributed by atoms with Crippen molar-refractivity contribution in [3.8, 4) is 0 Å². The van der Waals surface area contributed by atoms with E-state index in [1.54, 1.807) is 0 Å². The SMILES string of the molecule is CC/C=C\C/C=C\C/C=C\C/C=C\C/C=C\C/C=C\CCCCCCCOCC(COP(=O)(O)OCC[N+](C)(C)C)OC(=O)CCCCCCCCC/C=C\C/C=C\CCCCCC. The zero-order chi connectivity index (χ0) is 46.9. The van der Waals surface area contributed by atoms with Crippen molar-refractivity contribution >= 4 is 13.8 Å². The van der Waals surface area contributed by atoms with Gasteiger partial charge in [-0.05, 0) is 96.3 Å². The summed E-state index contributed by atoms with van der Waals surface area (Å²) >= 11 is 0. The molecule has 0 aliphatic rings. The molecule has 0 aromatic carbocycles. The molecular weight excluding hydrogens is 818 g/mol. The first-order chi connectivity index (χ1) is 31.1. The molecule has 0 bridgehead atoms. The minimum atomic E-state index is -4.30. The topological polar surface area (TPSA) is 91.3 Å². The van der Waals surface area contributed by atoms with E-state index in [1.807, 2.05) is 21.1 Å². The lowest BCUT2D eigenvalue weighted by atomic mass is 10.1. The van der Waals surface area contributed by atoms with Crippen LogP contribution in [0.3, 0.4) is 0 Å². The van der Waals surface area contributed by atoms with Crippen LogP contribution in [0, 0.1) is 0 Å². The molecule has 0 saturated heterocycles. The summed E-state index contributed by atoms with van der Waals surface area (Å²) < 4.78 is 35.1. The molecule has 2 atom stereocenters. The number of allylic oxidation sites excluding steroid dienone is 16. The lowest BCUT2D eigenvalue weighted by Crippen LogP contribution is -2.37. The maximum atomic E-state index is 12.8. The number of hydrogen-bond acceptors (Lipinski definition) is 6. The molecule has 0 fully saturated rings. The Morgan fingerprint density at radius 1 is 0.500 bits per heavy atom. The average molecular weight is 915 g/mol. The Hall–Kier alpha value is -2.58. The molecule has 0 aromatic heterocycles. The van der Waals surface area contributed by atoms with Crippen LogP contribution < -0.4 is 0 Å². The zero-order valence-electron chi connectivity index (χ0n) is 41.7. The number of ether oxygens (including phenoxy) is 2. The second kappa shape index (κ2) is 46.9. The fourth-order valence-electron chi connectivity index (χ4n) is 6.47. The fraction of sp³-hybridized carbons (Fsp3) is 0.691. The lowest BCUT2D eigenvalue weighted by molar-refractivity contribution is -0.870. The minimum absolute atomic E-state index is 0.0772. The maximum Gasteiger partial charge on any atom is 0.472 e. The number of likely N-dealkylation sites (N-methyl/N-ethyl adjacent to an activating group) is 1. The largest absolute Gasteiger partial charge is 0.472 e. The second-order valence-corrected chi connectivity index (χ2v) is 19.3. The molecule has 0 aliphatic heterocycles. The maximum absolute atomic E-state index is 12.8. The molecule has 0 saturated carbocycles. The van der Waals surface area contributed by atoms with E-state index >= 15 is 0 Å². The van der Waals surface area contributed by atoms with Gasteiger partial charge in [0.05, 0.1) is 34.4 Å². The third kappa shape index (κ3) is 50.4. The molecule has 0 aromatic rings. The van der Waals surface area contributed by atoms with E-state index in [1.165, 1.54) is 70.6 Å². The first kappa shape index (κ1) is 61.4. The van der Waals surface area contributed by atoms with E-state index in [4.69, 9.17) is 18.5 Å². The number of rotatable bonds is 46. The Bertz CT molecular complexity index is 1340. The van der Waals surface area contributed by atoms with Crippen LogP contribution in [-0.4, -0.2) is 75.6 Å². The quantitative estimate of drug-likeness (QED) is 0.0214. The van der Waals surface area contributed by atoms with Gasteiger partial charge in [-0.1, -0.05) is 182 Å². The Morgan fingerprint density at radius 2 is 0.906 bits per heavy atom. The zero-order valence-corrected chi connectivity index (χ0v) is 42.6. The van der Waals surface area contributed by atoms with E-state index in [0.717, 1.165) is 96.3 Å². The number of carbonyl (C=O) groups is 1. The van der Waals surface area contributed by atoms with Crippen molar-refractivity contribution in [3.63, 3.8) is 0 Å². The van der Waals surface area contributed by atoms with Crippen LogP contribution in [0.1, 0.15) is 187 Å². The summed E-state index contributed by atoms with van der Waals surface area (Å²) in [5.74, 6) is -0.332. The fourth-order valence-corrected chi connectivity index (χ4v) is 7.21. The van der Waals surface area contributed by atoms with Gasteiger partial charge in [0.2, 0.25) is 0 Å². The molecule has 9 heteroatoms. The molecule has 0 rings (SSSR count). The molecule has 8 nitrogen and oxygen atoms in total. The number of carbonyl (C=O) groups excluding carboxylic acids is 1.